The second kappa shape index (κ2) is 9.70. The van der Waals surface area contributed by atoms with Crippen molar-refractivity contribution in [3.05, 3.63) is 66.4 Å². The zero-order valence-electron chi connectivity index (χ0n) is 22.3. The number of nitrogens with one attached hydrogen (secondary N) is 3. The highest BCUT2D eigenvalue weighted by molar-refractivity contribution is 6.02. The number of hydrogen-bond acceptors (Lipinski definition) is 7. The van der Waals surface area contributed by atoms with Crippen LogP contribution in [0.5, 0.6) is 5.75 Å². The van der Waals surface area contributed by atoms with Gasteiger partial charge in [0.1, 0.15) is 22.8 Å². The molecule has 0 amide bonds. The second-order valence-electron chi connectivity index (χ2n) is 11.1. The lowest BCUT2D eigenvalue weighted by Crippen LogP contribution is -2.49. The summed E-state index contributed by atoms with van der Waals surface area (Å²) in [5, 5.41) is 7.89. The molecule has 2 fully saturated rings. The Balaban J connectivity index is 1.13. The van der Waals surface area contributed by atoms with E-state index in [-0.39, 0.29) is 11.4 Å². The summed E-state index contributed by atoms with van der Waals surface area (Å²) in [6, 6.07) is 18.6. The van der Waals surface area contributed by atoms with Crippen LogP contribution in [-0.4, -0.2) is 72.6 Å². The van der Waals surface area contributed by atoms with E-state index in [2.05, 4.69) is 62.8 Å². The lowest BCUT2D eigenvalue weighted by Gasteiger charge is -2.41. The number of benzene rings is 2. The number of likely N-dealkylation sites (N-methyl/N-ethyl adjacent to an activating group) is 1. The molecule has 4 aromatic rings. The number of piperidine rings is 1. The third-order valence-electron chi connectivity index (χ3n) is 8.44. The van der Waals surface area contributed by atoms with Gasteiger partial charge in [-0.05, 0) is 68.2 Å². The fourth-order valence-electron chi connectivity index (χ4n) is 6.13. The minimum Gasteiger partial charge on any atom is -0.486 e. The first-order chi connectivity index (χ1) is 19.1. The van der Waals surface area contributed by atoms with Crippen LogP contribution >= 0.6 is 0 Å². The van der Waals surface area contributed by atoms with E-state index < -0.39 is 0 Å². The van der Waals surface area contributed by atoms with E-state index in [1.807, 2.05) is 30.5 Å². The summed E-state index contributed by atoms with van der Waals surface area (Å²) in [6.45, 7) is 6.00. The van der Waals surface area contributed by atoms with Crippen LogP contribution in [0, 0.1) is 0 Å². The number of rotatable bonds is 4. The van der Waals surface area contributed by atoms with Crippen LogP contribution in [0.25, 0.3) is 22.2 Å². The highest BCUT2D eigenvalue weighted by Gasteiger charge is 2.41. The molecule has 3 aliphatic rings. The highest BCUT2D eigenvalue weighted by Crippen LogP contribution is 2.41. The Morgan fingerprint density at radius 1 is 0.974 bits per heavy atom. The van der Waals surface area contributed by atoms with Crippen molar-refractivity contribution in [1.29, 1.82) is 0 Å². The predicted molar refractivity (Wildman–Crippen MR) is 155 cm³/mol. The van der Waals surface area contributed by atoms with Crippen molar-refractivity contribution >= 4 is 34.0 Å². The Bertz CT molecular complexity index is 1530. The van der Waals surface area contributed by atoms with Crippen molar-refractivity contribution in [3.63, 3.8) is 0 Å². The van der Waals surface area contributed by atoms with Gasteiger partial charge in [0.25, 0.3) is 0 Å². The number of piperazine rings is 1. The Morgan fingerprint density at radius 3 is 2.67 bits per heavy atom. The Hall–Kier alpha value is -3.88. The standard InChI is InChI=1S/C31H34N6O2/c1-36-13-15-37(16-14-36)23-4-2-3-22(18-23)34-29-8-7-24-26(20-33-30(24)35-29)21-5-6-25-27(38)19-31(39-28(25)17-21)9-11-32-12-10-31/h2-8,17-18,20,32H,9-16,19H2,1H3,(H2,33,34,35). The lowest BCUT2D eigenvalue weighted by molar-refractivity contribution is 0.0188. The minimum atomic E-state index is -0.377. The van der Waals surface area contributed by atoms with Gasteiger partial charge in [-0.3, -0.25) is 4.79 Å². The molecule has 200 valence electrons. The van der Waals surface area contributed by atoms with Crippen molar-refractivity contribution < 1.29 is 9.53 Å². The van der Waals surface area contributed by atoms with E-state index in [1.165, 1.54) is 5.69 Å². The molecule has 8 heteroatoms. The first-order valence-corrected chi connectivity index (χ1v) is 13.9. The SMILES string of the molecule is CN1CCN(c2cccc(Nc3ccc4c(-c5ccc6c(c5)OC5(CCNCC5)CC6=O)c[nH]c4n3)c2)CC1. The number of fused-ring (bicyclic) bond motifs is 2. The Labute approximate surface area is 228 Å². The number of aromatic nitrogens is 2. The quantitative estimate of drug-likeness (QED) is 0.355. The van der Waals surface area contributed by atoms with Crippen LogP contribution in [0.1, 0.15) is 29.6 Å². The van der Waals surface area contributed by atoms with Crippen LogP contribution < -0.4 is 20.3 Å². The molecule has 0 radical (unpaired) electrons. The smallest absolute Gasteiger partial charge is 0.170 e. The summed E-state index contributed by atoms with van der Waals surface area (Å²) in [7, 11) is 2.17. The summed E-state index contributed by atoms with van der Waals surface area (Å²) in [6.07, 6.45) is 4.16. The van der Waals surface area contributed by atoms with E-state index in [9.17, 15) is 4.79 Å². The highest BCUT2D eigenvalue weighted by atomic mass is 16.5. The number of ether oxygens (including phenoxy) is 1. The number of Topliss-reactive ketones (excluding diaryl/α,β-unsaturated/α-hetero) is 1. The van der Waals surface area contributed by atoms with Crippen LogP contribution in [0.3, 0.4) is 0 Å². The van der Waals surface area contributed by atoms with Gasteiger partial charge in [0.2, 0.25) is 0 Å². The maximum Gasteiger partial charge on any atom is 0.170 e. The third kappa shape index (κ3) is 4.64. The van der Waals surface area contributed by atoms with Crippen molar-refractivity contribution in [2.45, 2.75) is 24.9 Å². The van der Waals surface area contributed by atoms with E-state index in [0.29, 0.717) is 17.7 Å². The molecule has 2 saturated heterocycles. The first-order valence-electron chi connectivity index (χ1n) is 13.9. The van der Waals surface area contributed by atoms with E-state index in [1.54, 1.807) is 0 Å². The molecule has 1 spiro atoms. The number of carbonyl (C=O) groups excluding carboxylic acids is 1. The molecule has 3 N–H and O–H groups in total. The number of aromatic amines is 1. The van der Waals surface area contributed by atoms with Gasteiger partial charge in [0.15, 0.2) is 5.78 Å². The normalized spacial score (nSPS) is 19.2. The molecule has 0 aliphatic carbocycles. The number of ketones is 1. The molecule has 39 heavy (non-hydrogen) atoms. The molecule has 8 nitrogen and oxygen atoms in total. The van der Waals surface area contributed by atoms with Gasteiger partial charge in [0, 0.05) is 67.5 Å². The summed E-state index contributed by atoms with van der Waals surface area (Å²) in [5.41, 5.74) is 5.44. The predicted octanol–water partition coefficient (Wildman–Crippen LogP) is 4.81. The molecular weight excluding hydrogens is 488 g/mol. The van der Waals surface area contributed by atoms with Crippen LogP contribution in [0.15, 0.2) is 60.8 Å². The molecule has 0 atom stereocenters. The molecule has 7 rings (SSSR count). The molecular formula is C31H34N6O2. The molecule has 0 saturated carbocycles. The average molecular weight is 523 g/mol. The van der Waals surface area contributed by atoms with Crippen LogP contribution in [0.4, 0.5) is 17.2 Å². The van der Waals surface area contributed by atoms with E-state index in [0.717, 1.165) is 85.8 Å². The van der Waals surface area contributed by atoms with Crippen molar-refractivity contribution in [2.24, 2.45) is 0 Å². The van der Waals surface area contributed by atoms with Gasteiger partial charge >= 0.3 is 0 Å². The molecule has 2 aromatic heterocycles. The van der Waals surface area contributed by atoms with Crippen molar-refractivity contribution in [1.82, 2.24) is 20.2 Å². The monoisotopic (exact) mass is 522 g/mol. The average Bonchev–Trinajstić information content (AvgIpc) is 3.37. The zero-order valence-corrected chi connectivity index (χ0v) is 22.3. The zero-order chi connectivity index (χ0) is 26.4. The number of H-pyrrole nitrogens is 1. The number of anilines is 3. The van der Waals surface area contributed by atoms with E-state index >= 15 is 0 Å². The largest absolute Gasteiger partial charge is 0.486 e. The summed E-state index contributed by atoms with van der Waals surface area (Å²) < 4.78 is 6.52. The number of hydrogen-bond donors (Lipinski definition) is 3. The summed E-state index contributed by atoms with van der Waals surface area (Å²) in [4.78, 5) is 26.0. The van der Waals surface area contributed by atoms with Gasteiger partial charge in [0.05, 0.1) is 12.0 Å². The van der Waals surface area contributed by atoms with Gasteiger partial charge < -0.3 is 30.2 Å². The number of nitrogens with zero attached hydrogens (tertiary/aromatic N) is 3. The molecule has 3 aliphatic heterocycles. The minimum absolute atomic E-state index is 0.178. The fraction of sp³-hybridized carbons (Fsp3) is 0.355. The first kappa shape index (κ1) is 24.2. The third-order valence-corrected chi connectivity index (χ3v) is 8.44. The van der Waals surface area contributed by atoms with Gasteiger partial charge in [-0.2, -0.15) is 0 Å². The maximum absolute atomic E-state index is 13.0. The summed E-state index contributed by atoms with van der Waals surface area (Å²) >= 11 is 0. The maximum atomic E-state index is 13.0. The van der Waals surface area contributed by atoms with Gasteiger partial charge in [-0.25, -0.2) is 4.98 Å². The number of carbonyl (C=O) groups is 1. The second-order valence-corrected chi connectivity index (χ2v) is 11.1. The van der Waals surface area contributed by atoms with E-state index in [4.69, 9.17) is 9.72 Å². The van der Waals surface area contributed by atoms with Crippen LogP contribution in [0.2, 0.25) is 0 Å². The Morgan fingerprint density at radius 2 is 1.82 bits per heavy atom. The topological polar surface area (TPSA) is 85.5 Å². The van der Waals surface area contributed by atoms with Gasteiger partial charge in [-0.15, -0.1) is 0 Å². The van der Waals surface area contributed by atoms with Crippen molar-refractivity contribution in [3.8, 4) is 16.9 Å². The van der Waals surface area contributed by atoms with Crippen molar-refractivity contribution in [2.75, 3.05) is 56.5 Å². The van der Waals surface area contributed by atoms with Gasteiger partial charge in [-0.1, -0.05) is 12.1 Å². The number of pyridine rings is 1. The lowest BCUT2D eigenvalue weighted by atomic mass is 9.82. The fourth-order valence-corrected chi connectivity index (χ4v) is 6.13. The molecule has 2 aromatic carbocycles. The van der Waals surface area contributed by atoms with Crippen LogP contribution in [-0.2, 0) is 0 Å². The summed E-state index contributed by atoms with van der Waals surface area (Å²) in [5.74, 6) is 1.67. The Kier molecular flexibility index (Phi) is 6.01. The molecule has 5 heterocycles. The molecule has 0 bridgehead atoms. The molecule has 0 unspecified atom stereocenters.